The van der Waals surface area contributed by atoms with E-state index in [0.717, 1.165) is 36.1 Å². The fraction of sp³-hybridized carbons (Fsp3) is 0.261. The van der Waals surface area contributed by atoms with Gasteiger partial charge in [-0.2, -0.15) is 0 Å². The lowest BCUT2D eigenvalue weighted by Crippen LogP contribution is -2.39. The molecule has 29 heavy (non-hydrogen) atoms. The van der Waals surface area contributed by atoms with Crippen molar-refractivity contribution >= 4 is 5.78 Å². The third-order valence-electron chi connectivity index (χ3n) is 5.36. The number of hydrogen-bond acceptors (Lipinski definition) is 4. The third-order valence-corrected chi connectivity index (χ3v) is 5.36. The van der Waals surface area contributed by atoms with E-state index in [9.17, 15) is 14.4 Å². The highest BCUT2D eigenvalue weighted by atomic mass is 16.2. The van der Waals surface area contributed by atoms with E-state index < -0.39 is 11.2 Å². The van der Waals surface area contributed by atoms with Crippen LogP contribution in [0.15, 0.2) is 70.3 Å². The number of H-pyrrole nitrogens is 2. The molecule has 1 saturated heterocycles. The lowest BCUT2D eigenvalue weighted by molar-refractivity contribution is 0.0810. The Morgan fingerprint density at radius 1 is 0.966 bits per heavy atom. The molecule has 6 heteroatoms. The minimum Gasteiger partial charge on any atom is -0.310 e. The van der Waals surface area contributed by atoms with Gasteiger partial charge in [0.25, 0.3) is 5.56 Å². The van der Waals surface area contributed by atoms with Gasteiger partial charge in [-0.3, -0.25) is 19.5 Å². The van der Waals surface area contributed by atoms with Crippen LogP contribution in [0.3, 0.4) is 0 Å². The first-order valence-electron chi connectivity index (χ1n) is 9.83. The highest BCUT2D eigenvalue weighted by molar-refractivity contribution is 5.98. The van der Waals surface area contributed by atoms with Gasteiger partial charge in [-0.05, 0) is 30.5 Å². The molecule has 0 radical (unpaired) electrons. The summed E-state index contributed by atoms with van der Waals surface area (Å²) < 4.78 is 0. The monoisotopic (exact) mass is 389 g/mol. The summed E-state index contributed by atoms with van der Waals surface area (Å²) in [6, 6.07) is 19.3. The summed E-state index contributed by atoms with van der Waals surface area (Å²) in [7, 11) is 0. The van der Waals surface area contributed by atoms with E-state index in [1.165, 1.54) is 6.07 Å². The van der Waals surface area contributed by atoms with Gasteiger partial charge in [0.05, 0.1) is 0 Å². The number of nitrogens with one attached hydrogen (secondary N) is 2. The van der Waals surface area contributed by atoms with Crippen LogP contribution in [-0.2, 0) is 6.54 Å². The largest absolute Gasteiger partial charge is 0.325 e. The van der Waals surface area contributed by atoms with Gasteiger partial charge in [0.1, 0.15) is 0 Å². The summed E-state index contributed by atoms with van der Waals surface area (Å²) in [5.74, 6) is 0.0637. The summed E-state index contributed by atoms with van der Waals surface area (Å²) in [5, 5.41) is 0. The second-order valence-corrected chi connectivity index (χ2v) is 7.49. The summed E-state index contributed by atoms with van der Waals surface area (Å²) in [5.41, 5.74) is 2.59. The lowest BCUT2D eigenvalue weighted by atomic mass is 9.89. The van der Waals surface area contributed by atoms with Gasteiger partial charge >= 0.3 is 5.69 Å². The van der Waals surface area contributed by atoms with Crippen LogP contribution < -0.4 is 11.2 Å². The van der Waals surface area contributed by atoms with E-state index in [1.807, 2.05) is 42.5 Å². The molecule has 148 valence electrons. The molecule has 0 amide bonds. The molecule has 2 aromatic carbocycles. The lowest BCUT2D eigenvalue weighted by Gasteiger charge is -2.31. The maximum absolute atomic E-state index is 13.0. The van der Waals surface area contributed by atoms with Crippen molar-refractivity contribution in [2.45, 2.75) is 19.4 Å². The number of likely N-dealkylation sites (tertiary alicyclic amines) is 1. The van der Waals surface area contributed by atoms with Gasteiger partial charge in [-0.15, -0.1) is 0 Å². The van der Waals surface area contributed by atoms with Crippen LogP contribution in [0.4, 0.5) is 0 Å². The molecule has 0 bridgehead atoms. The van der Waals surface area contributed by atoms with Crippen molar-refractivity contribution in [1.82, 2.24) is 14.9 Å². The Morgan fingerprint density at radius 2 is 1.69 bits per heavy atom. The Bertz CT molecular complexity index is 1070. The number of aromatic nitrogens is 2. The Labute approximate surface area is 168 Å². The van der Waals surface area contributed by atoms with Crippen molar-refractivity contribution in [2.24, 2.45) is 5.92 Å². The minimum atomic E-state index is -0.504. The zero-order chi connectivity index (χ0) is 20.2. The molecule has 3 aromatic rings. The molecule has 1 atom stereocenters. The van der Waals surface area contributed by atoms with E-state index in [4.69, 9.17) is 0 Å². The number of carbonyl (C=O) groups excluding carboxylic acids is 1. The van der Waals surface area contributed by atoms with Crippen molar-refractivity contribution < 1.29 is 4.79 Å². The van der Waals surface area contributed by atoms with Gasteiger partial charge in [0, 0.05) is 36.3 Å². The van der Waals surface area contributed by atoms with Gasteiger partial charge < -0.3 is 4.98 Å². The van der Waals surface area contributed by atoms with E-state index in [0.29, 0.717) is 18.8 Å². The van der Waals surface area contributed by atoms with Crippen molar-refractivity contribution in [3.63, 3.8) is 0 Å². The standard InChI is InChI=1S/C23H23N3O3/c27-21-13-20(24-23(29)25-21)15-26-12-4-7-19(14-26)22(28)18-10-8-17(9-11-18)16-5-2-1-3-6-16/h1-3,5-6,8-11,13,19H,4,7,12,14-15H2,(H2,24,25,27,29)/t19-/m1/s1. The molecule has 4 rings (SSSR count). The van der Waals surface area contributed by atoms with Crippen LogP contribution in [0.2, 0.25) is 0 Å². The first kappa shape index (κ1) is 19.1. The molecule has 2 N–H and O–H groups in total. The zero-order valence-electron chi connectivity index (χ0n) is 16.1. The normalized spacial score (nSPS) is 17.2. The maximum Gasteiger partial charge on any atom is 0.325 e. The summed E-state index contributed by atoms with van der Waals surface area (Å²) >= 11 is 0. The molecule has 0 unspecified atom stereocenters. The van der Waals surface area contributed by atoms with E-state index in [2.05, 4.69) is 27.0 Å². The third kappa shape index (κ3) is 4.60. The average molecular weight is 389 g/mol. The predicted molar refractivity (Wildman–Crippen MR) is 112 cm³/mol. The molecule has 0 spiro atoms. The summed E-state index contributed by atoms with van der Waals surface area (Å²) in [6.45, 7) is 1.91. The predicted octanol–water partition coefficient (Wildman–Crippen LogP) is 2.83. The van der Waals surface area contributed by atoms with Crippen LogP contribution in [0, 0.1) is 5.92 Å². The number of hydrogen-bond donors (Lipinski definition) is 2. The number of rotatable bonds is 5. The van der Waals surface area contributed by atoms with Crippen LogP contribution in [0.25, 0.3) is 11.1 Å². The van der Waals surface area contributed by atoms with Gasteiger partial charge in [0.2, 0.25) is 0 Å². The first-order valence-corrected chi connectivity index (χ1v) is 9.83. The van der Waals surface area contributed by atoms with Gasteiger partial charge in [-0.25, -0.2) is 4.79 Å². The summed E-state index contributed by atoms with van der Waals surface area (Å²) in [4.78, 5) is 42.9. The molecule has 1 fully saturated rings. The number of benzene rings is 2. The molecule has 0 saturated carbocycles. The average Bonchev–Trinajstić information content (AvgIpc) is 2.73. The van der Waals surface area contributed by atoms with Crippen molar-refractivity contribution in [3.05, 3.63) is 92.8 Å². The quantitative estimate of drug-likeness (QED) is 0.657. The SMILES string of the molecule is O=C(c1ccc(-c2ccccc2)cc1)[C@@H]1CCCN(Cc2cc(=O)[nH]c(=O)[nH]2)C1. The minimum absolute atomic E-state index is 0.0833. The number of carbonyl (C=O) groups is 1. The van der Waals surface area contributed by atoms with Crippen LogP contribution in [-0.4, -0.2) is 33.7 Å². The fourth-order valence-electron chi connectivity index (χ4n) is 3.95. The Hall–Kier alpha value is -3.25. The van der Waals surface area contributed by atoms with Crippen molar-refractivity contribution in [3.8, 4) is 11.1 Å². The highest BCUT2D eigenvalue weighted by Crippen LogP contribution is 2.24. The van der Waals surface area contributed by atoms with Crippen LogP contribution in [0.1, 0.15) is 28.9 Å². The smallest absolute Gasteiger partial charge is 0.310 e. The van der Waals surface area contributed by atoms with Gasteiger partial charge in [0.15, 0.2) is 5.78 Å². The van der Waals surface area contributed by atoms with Crippen molar-refractivity contribution in [1.29, 1.82) is 0 Å². The Balaban J connectivity index is 1.44. The fourth-order valence-corrected chi connectivity index (χ4v) is 3.95. The van der Waals surface area contributed by atoms with Crippen LogP contribution in [0.5, 0.6) is 0 Å². The van der Waals surface area contributed by atoms with E-state index in [1.54, 1.807) is 0 Å². The Kier molecular flexibility index (Phi) is 5.53. The van der Waals surface area contributed by atoms with Crippen molar-refractivity contribution in [2.75, 3.05) is 13.1 Å². The summed E-state index contributed by atoms with van der Waals surface area (Å²) in [6.07, 6.45) is 1.76. The molecule has 2 heterocycles. The number of nitrogens with zero attached hydrogens (tertiary/aromatic N) is 1. The number of aromatic amines is 2. The molecule has 1 aromatic heterocycles. The molecular formula is C23H23N3O3. The number of piperidine rings is 1. The topological polar surface area (TPSA) is 86.0 Å². The van der Waals surface area contributed by atoms with Gasteiger partial charge in [-0.1, -0.05) is 54.6 Å². The van der Waals surface area contributed by atoms with Crippen LogP contribution >= 0.6 is 0 Å². The second-order valence-electron chi connectivity index (χ2n) is 7.49. The van der Waals surface area contributed by atoms with E-state index in [-0.39, 0.29) is 11.7 Å². The zero-order valence-corrected chi connectivity index (χ0v) is 16.1. The molecule has 1 aliphatic rings. The van der Waals surface area contributed by atoms with E-state index >= 15 is 0 Å². The Morgan fingerprint density at radius 3 is 2.41 bits per heavy atom. The number of Topliss-reactive ketones (excluding diaryl/α,β-unsaturated/α-hetero) is 1. The second kappa shape index (κ2) is 8.41. The highest BCUT2D eigenvalue weighted by Gasteiger charge is 2.26. The molecule has 1 aliphatic heterocycles. The first-order chi connectivity index (χ1) is 14.1. The number of ketones is 1. The maximum atomic E-state index is 13.0. The molecule has 6 nitrogen and oxygen atoms in total. The molecule has 0 aliphatic carbocycles. The molecular weight excluding hydrogens is 366 g/mol.